The van der Waals surface area contributed by atoms with E-state index >= 15 is 0 Å². The predicted octanol–water partition coefficient (Wildman–Crippen LogP) is -2.44. The molecular formula is C11H20ClNO4. The number of hydrogen-bond donors (Lipinski definition) is 0. The summed E-state index contributed by atoms with van der Waals surface area (Å²) < 4.78 is 35.5. The first-order chi connectivity index (χ1) is 7.87. The highest BCUT2D eigenvalue weighted by Crippen LogP contribution is 2.54. The molecule has 0 radical (unpaired) electrons. The van der Waals surface area contributed by atoms with Gasteiger partial charge in [-0.2, -0.15) is 0 Å². The van der Waals surface area contributed by atoms with Crippen LogP contribution in [0.4, 0.5) is 0 Å². The third-order valence-corrected chi connectivity index (χ3v) is 4.71. The van der Waals surface area contributed by atoms with Gasteiger partial charge in [-0.05, 0) is 12.8 Å². The number of quaternary nitrogens is 1. The Labute approximate surface area is 104 Å². The van der Waals surface area contributed by atoms with E-state index in [1.54, 1.807) is 23.9 Å². The van der Waals surface area contributed by atoms with Crippen molar-refractivity contribution in [1.29, 1.82) is 0 Å². The third-order valence-electron chi connectivity index (χ3n) is 4.71. The van der Waals surface area contributed by atoms with Gasteiger partial charge in [0, 0.05) is 25.7 Å². The van der Waals surface area contributed by atoms with E-state index < -0.39 is 10.2 Å². The molecule has 1 aliphatic carbocycles. The van der Waals surface area contributed by atoms with Crippen molar-refractivity contribution in [2.24, 2.45) is 0 Å². The van der Waals surface area contributed by atoms with Crippen molar-refractivity contribution < 1.29 is 33.4 Å². The Kier molecular flexibility index (Phi) is 3.69. The number of rotatable bonds is 0. The Hall–Kier alpha value is 0.0900. The highest BCUT2D eigenvalue weighted by atomic mass is 35.7. The highest BCUT2D eigenvalue weighted by Gasteiger charge is 2.68. The Morgan fingerprint density at radius 1 is 0.765 bits per heavy atom. The molecule has 3 fully saturated rings. The monoisotopic (exact) mass is 265 g/mol. The van der Waals surface area contributed by atoms with Crippen LogP contribution in [0, 0.1) is 10.2 Å². The second-order valence-corrected chi connectivity index (χ2v) is 6.38. The maximum Gasteiger partial charge on any atom is 0.149 e. The quantitative estimate of drug-likeness (QED) is 0.359. The number of nitrogens with zero attached hydrogens (tertiary/aromatic N) is 1. The van der Waals surface area contributed by atoms with Gasteiger partial charge in [-0.25, -0.2) is 18.6 Å². The molecule has 2 heterocycles. The van der Waals surface area contributed by atoms with Crippen LogP contribution >= 0.6 is 0 Å². The van der Waals surface area contributed by atoms with Gasteiger partial charge >= 0.3 is 0 Å². The van der Waals surface area contributed by atoms with E-state index in [1.165, 1.54) is 45.2 Å². The fraction of sp³-hybridized carbons (Fsp3) is 1.00. The van der Waals surface area contributed by atoms with Crippen LogP contribution in [-0.4, -0.2) is 29.7 Å². The Balaban J connectivity index is 0.000000188. The lowest BCUT2D eigenvalue weighted by molar-refractivity contribution is -2.00. The average Bonchev–Trinajstić information content (AvgIpc) is 2.59. The molecule has 1 saturated carbocycles. The molecule has 2 saturated heterocycles. The van der Waals surface area contributed by atoms with Crippen LogP contribution in [-0.2, 0) is 0 Å². The van der Waals surface area contributed by atoms with Gasteiger partial charge in [-0.1, -0.05) is 6.42 Å². The van der Waals surface area contributed by atoms with Crippen molar-refractivity contribution in [3.8, 4) is 0 Å². The van der Waals surface area contributed by atoms with E-state index in [1.807, 2.05) is 0 Å². The summed E-state index contributed by atoms with van der Waals surface area (Å²) in [5.41, 5.74) is 0.842. The van der Waals surface area contributed by atoms with E-state index in [0.29, 0.717) is 0 Å². The molecule has 2 aliphatic heterocycles. The van der Waals surface area contributed by atoms with Gasteiger partial charge in [-0.3, -0.25) is 0 Å². The molecule has 3 rings (SSSR count). The summed E-state index contributed by atoms with van der Waals surface area (Å²) >= 11 is 0. The molecule has 2 spiro atoms. The number of halogens is 1. The number of hydrogen-bond acceptors (Lipinski definition) is 4. The Morgan fingerprint density at radius 3 is 1.71 bits per heavy atom. The largest absolute Gasteiger partial charge is 0.309 e. The molecule has 0 N–H and O–H groups in total. The van der Waals surface area contributed by atoms with Gasteiger partial charge in [0.05, 0.1) is 13.1 Å². The summed E-state index contributed by atoms with van der Waals surface area (Å²) in [5, 5.41) is 0. The first-order valence-corrected chi connectivity index (χ1v) is 7.58. The summed E-state index contributed by atoms with van der Waals surface area (Å²) in [6, 6.07) is 0. The van der Waals surface area contributed by atoms with Gasteiger partial charge in [-0.15, -0.1) is 10.2 Å². The van der Waals surface area contributed by atoms with Crippen LogP contribution in [0.15, 0.2) is 0 Å². The topological polar surface area (TPSA) is 92.2 Å². The molecule has 17 heavy (non-hydrogen) atoms. The molecule has 0 aromatic heterocycles. The molecule has 0 atom stereocenters. The minimum Gasteiger partial charge on any atom is -0.309 e. The molecule has 3 aliphatic rings. The SMILES string of the molecule is C1CCC2(CC1)C[N+]21CCCC1.[O-][Cl+3]([O-])([O-])[O-]. The molecule has 100 valence electrons. The van der Waals surface area contributed by atoms with Gasteiger partial charge in [0.1, 0.15) is 12.1 Å². The first kappa shape index (κ1) is 13.5. The summed E-state index contributed by atoms with van der Waals surface area (Å²) in [5.74, 6) is 0. The molecule has 5 nitrogen and oxygen atoms in total. The highest BCUT2D eigenvalue weighted by molar-refractivity contribution is 4.98. The summed E-state index contributed by atoms with van der Waals surface area (Å²) in [7, 11) is -4.94. The Morgan fingerprint density at radius 2 is 1.24 bits per heavy atom. The second kappa shape index (κ2) is 4.64. The third kappa shape index (κ3) is 3.10. The first-order valence-electron chi connectivity index (χ1n) is 6.35. The van der Waals surface area contributed by atoms with Crippen molar-refractivity contribution >= 4 is 0 Å². The summed E-state index contributed by atoms with van der Waals surface area (Å²) in [6.45, 7) is 4.62. The lowest BCUT2D eigenvalue weighted by Gasteiger charge is -2.25. The minimum absolute atomic E-state index is 0.842. The fourth-order valence-corrected chi connectivity index (χ4v) is 3.94. The van der Waals surface area contributed by atoms with E-state index in [9.17, 15) is 0 Å². The molecule has 0 bridgehead atoms. The lowest BCUT2D eigenvalue weighted by atomic mass is 9.88. The zero-order valence-electron chi connectivity index (χ0n) is 10.0. The molecular weight excluding hydrogens is 246 g/mol. The normalized spacial score (nSPS) is 28.9. The molecule has 0 aromatic rings. The van der Waals surface area contributed by atoms with Gasteiger partial charge < -0.3 is 4.48 Å². The van der Waals surface area contributed by atoms with Crippen LogP contribution in [0.3, 0.4) is 0 Å². The predicted molar refractivity (Wildman–Crippen MR) is 49.9 cm³/mol. The zero-order valence-corrected chi connectivity index (χ0v) is 10.8. The van der Waals surface area contributed by atoms with E-state index in [4.69, 9.17) is 18.6 Å². The van der Waals surface area contributed by atoms with Gasteiger partial charge in [0.2, 0.25) is 0 Å². The van der Waals surface area contributed by atoms with Crippen molar-refractivity contribution in [3.63, 3.8) is 0 Å². The van der Waals surface area contributed by atoms with Crippen LogP contribution in [0.1, 0.15) is 44.9 Å². The smallest absolute Gasteiger partial charge is 0.149 e. The molecule has 6 heteroatoms. The molecule has 0 aromatic carbocycles. The van der Waals surface area contributed by atoms with Crippen molar-refractivity contribution in [3.05, 3.63) is 0 Å². The standard InChI is InChI=1S/C11H20N.ClHO4/c1-2-6-11(7-3-1)10-12(11)8-4-5-9-12;2-1(3,4)5/h1-10H2;(H,2,3,4,5)/q+1;/p-1. The maximum absolute atomic E-state index is 8.49. The summed E-state index contributed by atoms with van der Waals surface area (Å²) in [6.07, 6.45) is 10.7. The van der Waals surface area contributed by atoms with Crippen LogP contribution in [0.2, 0.25) is 0 Å². The zero-order chi connectivity index (χ0) is 12.6. The fourth-order valence-electron chi connectivity index (χ4n) is 3.94. The van der Waals surface area contributed by atoms with Crippen molar-refractivity contribution in [1.82, 2.24) is 0 Å². The minimum atomic E-state index is -4.94. The number of fused-ring (bicyclic) bond motifs is 1. The van der Waals surface area contributed by atoms with Crippen LogP contribution < -0.4 is 18.6 Å². The average molecular weight is 266 g/mol. The van der Waals surface area contributed by atoms with Gasteiger partial charge in [0.25, 0.3) is 0 Å². The van der Waals surface area contributed by atoms with Crippen LogP contribution in [0.5, 0.6) is 0 Å². The second-order valence-electron chi connectivity index (χ2n) is 5.62. The molecule has 0 amide bonds. The van der Waals surface area contributed by atoms with Crippen molar-refractivity contribution in [2.75, 3.05) is 19.6 Å². The summed E-state index contributed by atoms with van der Waals surface area (Å²) in [4.78, 5) is 0. The van der Waals surface area contributed by atoms with Gasteiger partial charge in [0.15, 0.2) is 0 Å². The Bertz CT molecular complexity index is 261. The van der Waals surface area contributed by atoms with E-state index in [0.717, 1.165) is 5.54 Å². The maximum atomic E-state index is 8.49. The van der Waals surface area contributed by atoms with Crippen molar-refractivity contribution in [2.45, 2.75) is 50.5 Å². The van der Waals surface area contributed by atoms with E-state index in [-0.39, 0.29) is 0 Å². The van der Waals surface area contributed by atoms with Crippen LogP contribution in [0.25, 0.3) is 0 Å². The molecule has 0 unspecified atom stereocenters. The van der Waals surface area contributed by atoms with E-state index in [2.05, 4.69) is 0 Å². The lowest BCUT2D eigenvalue weighted by Crippen LogP contribution is -2.68.